The predicted octanol–water partition coefficient (Wildman–Crippen LogP) is 4.17. The molecule has 6 heteroatoms. The van der Waals surface area contributed by atoms with Crippen molar-refractivity contribution in [2.24, 2.45) is 0 Å². The first kappa shape index (κ1) is 19.4. The molecule has 2 N–H and O–H groups in total. The molecule has 3 rings (SSSR count). The van der Waals surface area contributed by atoms with E-state index in [9.17, 15) is 4.79 Å². The summed E-state index contributed by atoms with van der Waals surface area (Å²) in [6, 6.07) is 19.2. The molecule has 0 aliphatic heterocycles. The first-order valence-corrected chi connectivity index (χ1v) is 9.40. The van der Waals surface area contributed by atoms with E-state index in [-0.39, 0.29) is 5.91 Å². The number of amides is 1. The number of para-hydroxylation sites is 2. The third kappa shape index (κ3) is 5.54. The van der Waals surface area contributed by atoms with Crippen molar-refractivity contribution >= 4 is 17.5 Å². The van der Waals surface area contributed by atoms with Crippen molar-refractivity contribution in [3.63, 3.8) is 0 Å². The summed E-state index contributed by atoms with van der Waals surface area (Å²) < 4.78 is 5.54. The van der Waals surface area contributed by atoms with Gasteiger partial charge in [0.05, 0.1) is 12.3 Å². The number of anilines is 2. The number of carbonyl (C=O) groups excluding carboxylic acids is 1. The van der Waals surface area contributed by atoms with Crippen molar-refractivity contribution in [1.29, 1.82) is 0 Å². The van der Waals surface area contributed by atoms with Crippen molar-refractivity contribution in [3.05, 3.63) is 78.1 Å². The van der Waals surface area contributed by atoms with Gasteiger partial charge in [-0.25, -0.2) is 9.97 Å². The van der Waals surface area contributed by atoms with Crippen LogP contribution in [0, 0.1) is 0 Å². The molecule has 2 aromatic carbocycles. The van der Waals surface area contributed by atoms with E-state index in [0.29, 0.717) is 29.7 Å². The molecule has 0 unspecified atom stereocenters. The molecule has 0 radical (unpaired) electrons. The van der Waals surface area contributed by atoms with Gasteiger partial charge in [-0.3, -0.25) is 4.79 Å². The first-order valence-electron chi connectivity index (χ1n) is 9.40. The van der Waals surface area contributed by atoms with Crippen LogP contribution in [0.15, 0.2) is 66.9 Å². The van der Waals surface area contributed by atoms with Crippen LogP contribution in [0.4, 0.5) is 11.6 Å². The van der Waals surface area contributed by atoms with Gasteiger partial charge in [0, 0.05) is 12.7 Å². The smallest absolute Gasteiger partial charge is 0.274 e. The van der Waals surface area contributed by atoms with E-state index in [0.717, 1.165) is 19.4 Å². The summed E-state index contributed by atoms with van der Waals surface area (Å²) in [6.45, 7) is 3.16. The molecular formula is C22H24N4O2. The number of hydrogen-bond donors (Lipinski definition) is 2. The molecule has 0 bridgehead atoms. The second-order valence-corrected chi connectivity index (χ2v) is 6.16. The lowest BCUT2D eigenvalue weighted by atomic mass is 10.1. The Balaban J connectivity index is 1.56. The van der Waals surface area contributed by atoms with Gasteiger partial charge in [-0.2, -0.15) is 0 Å². The fourth-order valence-corrected chi connectivity index (χ4v) is 2.75. The lowest BCUT2D eigenvalue weighted by Crippen LogP contribution is -2.16. The molecule has 1 heterocycles. The summed E-state index contributed by atoms with van der Waals surface area (Å²) in [7, 11) is 0. The number of rotatable bonds is 9. The minimum absolute atomic E-state index is 0.298. The molecular weight excluding hydrogens is 352 g/mol. The van der Waals surface area contributed by atoms with Gasteiger partial charge in [0.1, 0.15) is 11.4 Å². The van der Waals surface area contributed by atoms with Crippen molar-refractivity contribution in [3.8, 4) is 5.75 Å². The molecule has 0 aliphatic rings. The van der Waals surface area contributed by atoms with Crippen molar-refractivity contribution < 1.29 is 9.53 Å². The Morgan fingerprint density at radius 3 is 2.64 bits per heavy atom. The number of aromatic nitrogens is 2. The van der Waals surface area contributed by atoms with Crippen LogP contribution in [0.25, 0.3) is 0 Å². The van der Waals surface area contributed by atoms with Gasteiger partial charge in [0.2, 0.25) is 5.95 Å². The summed E-state index contributed by atoms with van der Waals surface area (Å²) in [6.07, 6.45) is 3.50. The number of ether oxygens (including phenoxy) is 1. The molecule has 0 saturated heterocycles. The quantitative estimate of drug-likeness (QED) is 0.548. The first-order chi connectivity index (χ1) is 13.8. The molecule has 0 spiro atoms. The van der Waals surface area contributed by atoms with E-state index in [1.54, 1.807) is 18.3 Å². The monoisotopic (exact) mass is 376 g/mol. The number of hydrogen-bond acceptors (Lipinski definition) is 5. The lowest BCUT2D eigenvalue weighted by molar-refractivity contribution is 0.102. The van der Waals surface area contributed by atoms with E-state index >= 15 is 0 Å². The third-order valence-electron chi connectivity index (χ3n) is 4.09. The van der Waals surface area contributed by atoms with E-state index in [2.05, 4.69) is 32.7 Å². The fourth-order valence-electron chi connectivity index (χ4n) is 2.75. The fraction of sp³-hybridized carbons (Fsp3) is 0.227. The zero-order chi connectivity index (χ0) is 19.6. The third-order valence-corrected chi connectivity index (χ3v) is 4.09. The van der Waals surface area contributed by atoms with Gasteiger partial charge in [0.15, 0.2) is 0 Å². The van der Waals surface area contributed by atoms with Crippen LogP contribution in [-0.4, -0.2) is 29.0 Å². The second-order valence-electron chi connectivity index (χ2n) is 6.16. The zero-order valence-corrected chi connectivity index (χ0v) is 15.9. The Morgan fingerprint density at radius 2 is 1.82 bits per heavy atom. The van der Waals surface area contributed by atoms with Crippen LogP contribution in [0.5, 0.6) is 5.75 Å². The molecule has 3 aromatic rings. The number of carbonyl (C=O) groups is 1. The van der Waals surface area contributed by atoms with Gasteiger partial charge < -0.3 is 15.4 Å². The maximum absolute atomic E-state index is 12.6. The maximum Gasteiger partial charge on any atom is 0.274 e. The van der Waals surface area contributed by atoms with E-state index in [4.69, 9.17) is 4.74 Å². The van der Waals surface area contributed by atoms with Crippen molar-refractivity contribution in [2.75, 3.05) is 23.8 Å². The molecule has 6 nitrogen and oxygen atoms in total. The lowest BCUT2D eigenvalue weighted by Gasteiger charge is -2.11. The Kier molecular flexibility index (Phi) is 6.95. The Hall–Kier alpha value is -3.41. The molecule has 1 aromatic heterocycles. The highest BCUT2D eigenvalue weighted by Gasteiger charge is 2.12. The largest absolute Gasteiger partial charge is 0.492 e. The predicted molar refractivity (Wildman–Crippen MR) is 111 cm³/mol. The Bertz CT molecular complexity index is 900. The SMILES string of the molecule is CCOc1ccccc1NC(=O)c1ccnc(NCCCc2ccccc2)n1. The van der Waals surface area contributed by atoms with Crippen LogP contribution < -0.4 is 15.4 Å². The van der Waals surface area contributed by atoms with Crippen molar-refractivity contribution in [1.82, 2.24) is 9.97 Å². The van der Waals surface area contributed by atoms with Gasteiger partial charge in [-0.1, -0.05) is 42.5 Å². The van der Waals surface area contributed by atoms with E-state index in [1.165, 1.54) is 5.56 Å². The second kappa shape index (κ2) is 10.1. The van der Waals surface area contributed by atoms with Gasteiger partial charge >= 0.3 is 0 Å². The molecule has 28 heavy (non-hydrogen) atoms. The van der Waals surface area contributed by atoms with Crippen LogP contribution in [0.3, 0.4) is 0 Å². The normalized spacial score (nSPS) is 10.3. The highest BCUT2D eigenvalue weighted by molar-refractivity contribution is 6.03. The van der Waals surface area contributed by atoms with Gasteiger partial charge in [-0.15, -0.1) is 0 Å². The molecule has 0 saturated carbocycles. The van der Waals surface area contributed by atoms with Crippen LogP contribution in [-0.2, 0) is 6.42 Å². The summed E-state index contributed by atoms with van der Waals surface area (Å²) in [5.41, 5.74) is 2.21. The minimum Gasteiger partial charge on any atom is -0.492 e. The van der Waals surface area contributed by atoms with Gasteiger partial charge in [0.25, 0.3) is 5.91 Å². The molecule has 0 aliphatic carbocycles. The van der Waals surface area contributed by atoms with Crippen LogP contribution in [0.2, 0.25) is 0 Å². The Morgan fingerprint density at radius 1 is 1.04 bits per heavy atom. The number of nitrogens with zero attached hydrogens (tertiary/aromatic N) is 2. The molecule has 144 valence electrons. The maximum atomic E-state index is 12.6. The summed E-state index contributed by atoms with van der Waals surface area (Å²) >= 11 is 0. The summed E-state index contributed by atoms with van der Waals surface area (Å²) in [5, 5.41) is 6.02. The minimum atomic E-state index is -0.304. The standard InChI is InChI=1S/C22H24N4O2/c1-2-28-20-13-7-6-12-18(20)25-21(27)19-14-16-24-22(26-19)23-15-8-11-17-9-4-3-5-10-17/h3-7,9-10,12-14,16H,2,8,11,15H2,1H3,(H,25,27)(H,23,24,26). The van der Waals surface area contributed by atoms with Gasteiger partial charge in [-0.05, 0) is 43.5 Å². The summed E-state index contributed by atoms with van der Waals surface area (Å²) in [4.78, 5) is 21.1. The topological polar surface area (TPSA) is 76.1 Å². The molecule has 0 fully saturated rings. The average Bonchev–Trinajstić information content (AvgIpc) is 2.74. The molecule has 1 amide bonds. The highest BCUT2D eigenvalue weighted by atomic mass is 16.5. The van der Waals surface area contributed by atoms with E-state index < -0.39 is 0 Å². The van der Waals surface area contributed by atoms with Crippen molar-refractivity contribution in [2.45, 2.75) is 19.8 Å². The van der Waals surface area contributed by atoms with Crippen LogP contribution >= 0.6 is 0 Å². The van der Waals surface area contributed by atoms with E-state index in [1.807, 2.05) is 43.3 Å². The average molecular weight is 376 g/mol. The number of benzene rings is 2. The molecule has 0 atom stereocenters. The van der Waals surface area contributed by atoms with Crippen LogP contribution in [0.1, 0.15) is 29.4 Å². The zero-order valence-electron chi connectivity index (χ0n) is 15.9. The number of nitrogens with one attached hydrogen (secondary N) is 2. The number of aryl methyl sites for hydroxylation is 1. The highest BCUT2D eigenvalue weighted by Crippen LogP contribution is 2.24. The summed E-state index contributed by atoms with van der Waals surface area (Å²) in [5.74, 6) is 0.771. The Labute approximate surface area is 165 Å².